The van der Waals surface area contributed by atoms with Crippen LogP contribution in [0.1, 0.15) is 23.4 Å². The van der Waals surface area contributed by atoms with Crippen LogP contribution in [0.3, 0.4) is 0 Å². The van der Waals surface area contributed by atoms with Crippen LogP contribution in [-0.4, -0.2) is 51.4 Å². The van der Waals surface area contributed by atoms with Gasteiger partial charge in [0.25, 0.3) is 0 Å². The van der Waals surface area contributed by atoms with Crippen LogP contribution in [0.2, 0.25) is 0 Å². The number of carbonyl (C=O) groups is 1. The molecule has 1 amide bonds. The number of carbonyl (C=O) groups excluding carboxylic acids is 1. The second-order valence-electron chi connectivity index (χ2n) is 6.89. The van der Waals surface area contributed by atoms with Crippen LogP contribution in [-0.2, 0) is 24.8 Å². The maximum atomic E-state index is 12.7. The van der Waals surface area contributed by atoms with Crippen molar-refractivity contribution in [2.24, 2.45) is 7.05 Å². The quantitative estimate of drug-likeness (QED) is 0.862. The first kappa shape index (κ1) is 16.1. The molecule has 2 aliphatic rings. The summed E-state index contributed by atoms with van der Waals surface area (Å²) in [6.45, 7) is 3.72. The Balaban J connectivity index is 1.35. The Kier molecular flexibility index (Phi) is 4.40. The van der Waals surface area contributed by atoms with Crippen molar-refractivity contribution >= 4 is 11.5 Å². The molecule has 5 nitrogen and oxygen atoms in total. The first-order valence-corrected chi connectivity index (χ1v) is 8.94. The van der Waals surface area contributed by atoms with E-state index in [-0.39, 0.29) is 5.91 Å². The van der Waals surface area contributed by atoms with E-state index in [0.29, 0.717) is 13.1 Å². The second-order valence-corrected chi connectivity index (χ2v) is 6.89. The normalized spacial score (nSPS) is 18.0. The molecule has 0 spiro atoms. The summed E-state index contributed by atoms with van der Waals surface area (Å²) in [5.41, 5.74) is 5.04. The van der Waals surface area contributed by atoms with Crippen molar-refractivity contribution in [3.05, 3.63) is 59.7 Å². The van der Waals surface area contributed by atoms with Gasteiger partial charge in [-0.2, -0.15) is 0 Å². The minimum atomic E-state index is 0.225. The smallest absolute Gasteiger partial charge is 0.237 e. The molecule has 1 aromatic carbocycles. The number of benzene rings is 1. The van der Waals surface area contributed by atoms with Crippen molar-refractivity contribution in [2.75, 3.05) is 26.2 Å². The predicted octanol–water partition coefficient (Wildman–Crippen LogP) is 2.09. The van der Waals surface area contributed by atoms with Gasteiger partial charge in [0.1, 0.15) is 0 Å². The van der Waals surface area contributed by atoms with E-state index in [1.807, 2.05) is 24.3 Å². The third-order valence-electron chi connectivity index (χ3n) is 5.25. The highest BCUT2D eigenvalue weighted by atomic mass is 16.2. The Bertz CT molecular complexity index is 793. The zero-order valence-electron chi connectivity index (χ0n) is 14.7. The number of rotatable bonds is 3. The average molecular weight is 336 g/mol. The van der Waals surface area contributed by atoms with Crippen LogP contribution in [0, 0.1) is 0 Å². The van der Waals surface area contributed by atoms with E-state index in [0.717, 1.165) is 38.2 Å². The van der Waals surface area contributed by atoms with Gasteiger partial charge in [-0.15, -0.1) is 0 Å². The van der Waals surface area contributed by atoms with Crippen LogP contribution in [0.15, 0.2) is 42.7 Å². The number of hydrogen-bond donors (Lipinski definition) is 0. The molecule has 130 valence electrons. The zero-order chi connectivity index (χ0) is 17.2. The van der Waals surface area contributed by atoms with Gasteiger partial charge in [0.05, 0.1) is 18.6 Å². The van der Waals surface area contributed by atoms with Gasteiger partial charge < -0.3 is 9.47 Å². The van der Waals surface area contributed by atoms with Gasteiger partial charge in [0.2, 0.25) is 5.91 Å². The molecule has 0 bridgehead atoms. The van der Waals surface area contributed by atoms with Crippen molar-refractivity contribution in [3.63, 3.8) is 0 Å². The molecule has 0 atom stereocenters. The largest absolute Gasteiger partial charge is 0.338 e. The molecule has 0 unspecified atom stereocenters. The lowest BCUT2D eigenvalue weighted by Crippen LogP contribution is -2.43. The SMILES string of the molecule is Cn1cnc2c1CCN(CC(=O)N1CC=C(c3ccccc3)CC1)C2. The third kappa shape index (κ3) is 3.37. The third-order valence-corrected chi connectivity index (χ3v) is 5.25. The van der Waals surface area contributed by atoms with Crippen LogP contribution >= 0.6 is 0 Å². The van der Waals surface area contributed by atoms with Gasteiger partial charge in [-0.3, -0.25) is 9.69 Å². The molecule has 2 aliphatic heterocycles. The molecule has 0 fully saturated rings. The van der Waals surface area contributed by atoms with Gasteiger partial charge >= 0.3 is 0 Å². The average Bonchev–Trinajstić information content (AvgIpc) is 3.03. The topological polar surface area (TPSA) is 41.4 Å². The summed E-state index contributed by atoms with van der Waals surface area (Å²) in [6.07, 6.45) is 5.97. The van der Waals surface area contributed by atoms with Crippen LogP contribution in [0.25, 0.3) is 5.57 Å². The molecule has 0 radical (unpaired) electrons. The van der Waals surface area contributed by atoms with E-state index in [4.69, 9.17) is 0 Å². The molecule has 3 heterocycles. The van der Waals surface area contributed by atoms with Crippen molar-refractivity contribution in [3.8, 4) is 0 Å². The van der Waals surface area contributed by atoms with Crippen molar-refractivity contribution in [1.29, 1.82) is 0 Å². The molecule has 1 aromatic heterocycles. The summed E-state index contributed by atoms with van der Waals surface area (Å²) in [5.74, 6) is 0.225. The predicted molar refractivity (Wildman–Crippen MR) is 97.8 cm³/mol. The summed E-state index contributed by atoms with van der Waals surface area (Å²) >= 11 is 0. The van der Waals surface area contributed by atoms with Crippen molar-refractivity contribution in [2.45, 2.75) is 19.4 Å². The fourth-order valence-electron chi connectivity index (χ4n) is 3.75. The monoisotopic (exact) mass is 336 g/mol. The van der Waals surface area contributed by atoms with Gasteiger partial charge in [0, 0.05) is 45.3 Å². The van der Waals surface area contributed by atoms with Crippen molar-refractivity contribution in [1.82, 2.24) is 19.4 Å². The van der Waals surface area contributed by atoms with Crippen molar-refractivity contribution < 1.29 is 4.79 Å². The lowest BCUT2D eigenvalue weighted by molar-refractivity contribution is -0.132. The van der Waals surface area contributed by atoms with Gasteiger partial charge in [-0.25, -0.2) is 4.98 Å². The number of hydrogen-bond acceptors (Lipinski definition) is 3. The number of aryl methyl sites for hydroxylation is 1. The number of fused-ring (bicyclic) bond motifs is 1. The Hall–Kier alpha value is -2.40. The minimum Gasteiger partial charge on any atom is -0.338 e. The molecule has 4 rings (SSSR count). The van der Waals surface area contributed by atoms with E-state index in [1.165, 1.54) is 16.8 Å². The molecule has 0 saturated carbocycles. The lowest BCUT2D eigenvalue weighted by atomic mass is 9.99. The summed E-state index contributed by atoms with van der Waals surface area (Å²) in [6, 6.07) is 10.4. The first-order valence-electron chi connectivity index (χ1n) is 8.94. The standard InChI is InChI=1S/C20H24N4O/c1-22-15-21-18-13-23(10-9-19(18)22)14-20(25)24-11-7-17(8-12-24)16-5-3-2-4-6-16/h2-7,15H,8-14H2,1H3. The lowest BCUT2D eigenvalue weighted by Gasteiger charge is -2.31. The van der Waals surface area contributed by atoms with E-state index in [2.05, 4.69) is 44.8 Å². The van der Waals surface area contributed by atoms with E-state index < -0.39 is 0 Å². The molecule has 2 aromatic rings. The molecule has 0 saturated heterocycles. The van der Waals surface area contributed by atoms with Gasteiger partial charge in [-0.1, -0.05) is 36.4 Å². The van der Waals surface area contributed by atoms with E-state index >= 15 is 0 Å². The number of amides is 1. The Morgan fingerprint density at radius 2 is 2.00 bits per heavy atom. The molecule has 0 aliphatic carbocycles. The maximum absolute atomic E-state index is 12.7. The maximum Gasteiger partial charge on any atom is 0.237 e. The first-order chi connectivity index (χ1) is 12.2. The molecular weight excluding hydrogens is 312 g/mol. The van der Waals surface area contributed by atoms with E-state index in [9.17, 15) is 4.79 Å². The number of imidazole rings is 1. The highest BCUT2D eigenvalue weighted by Crippen LogP contribution is 2.22. The van der Waals surface area contributed by atoms with Crippen LogP contribution in [0.5, 0.6) is 0 Å². The summed E-state index contributed by atoms with van der Waals surface area (Å²) in [4.78, 5) is 21.3. The van der Waals surface area contributed by atoms with E-state index in [1.54, 1.807) is 0 Å². The van der Waals surface area contributed by atoms with Gasteiger partial charge in [-0.05, 0) is 17.6 Å². The summed E-state index contributed by atoms with van der Waals surface area (Å²) in [7, 11) is 2.04. The number of aromatic nitrogens is 2. The highest BCUT2D eigenvalue weighted by Gasteiger charge is 2.24. The molecule has 25 heavy (non-hydrogen) atoms. The minimum absolute atomic E-state index is 0.225. The Labute approximate surface area is 148 Å². The Morgan fingerprint density at radius 1 is 1.16 bits per heavy atom. The van der Waals surface area contributed by atoms with Crippen LogP contribution in [0.4, 0.5) is 0 Å². The highest BCUT2D eigenvalue weighted by molar-refractivity contribution is 5.80. The summed E-state index contributed by atoms with van der Waals surface area (Å²) < 4.78 is 2.09. The fourth-order valence-corrected chi connectivity index (χ4v) is 3.75. The zero-order valence-corrected chi connectivity index (χ0v) is 14.7. The second kappa shape index (κ2) is 6.84. The molecular formula is C20H24N4O. The molecule has 0 N–H and O–H groups in total. The summed E-state index contributed by atoms with van der Waals surface area (Å²) in [5, 5.41) is 0. The Morgan fingerprint density at radius 3 is 2.76 bits per heavy atom. The molecule has 5 heteroatoms. The fraction of sp³-hybridized carbons (Fsp3) is 0.400. The van der Waals surface area contributed by atoms with Gasteiger partial charge in [0.15, 0.2) is 0 Å². The number of nitrogens with zero attached hydrogens (tertiary/aromatic N) is 4. The van der Waals surface area contributed by atoms with Crippen LogP contribution < -0.4 is 0 Å².